The van der Waals surface area contributed by atoms with E-state index in [0.717, 1.165) is 24.3 Å². The fraction of sp³-hybridized carbons (Fsp3) is 0.0345. The highest BCUT2D eigenvalue weighted by Gasteiger charge is 2.19. The highest BCUT2D eigenvalue weighted by atomic mass is 16.5. The summed E-state index contributed by atoms with van der Waals surface area (Å²) in [5.74, 6) is -2.47. The minimum absolute atomic E-state index is 0.0711. The Morgan fingerprint density at radius 3 is 2.10 bits per heavy atom. The van der Waals surface area contributed by atoms with Crippen LogP contribution in [0.4, 0.5) is 0 Å². The molecular weight excluding hydrogens is 508 g/mol. The lowest BCUT2D eigenvalue weighted by Crippen LogP contribution is -2.02. The first-order chi connectivity index (χ1) is 18.6. The number of carbonyl (C=O) groups excluding carboxylic acids is 1. The number of fused-ring (bicyclic) bond motifs is 1. The molecule has 0 aliphatic rings. The second-order valence-electron chi connectivity index (χ2n) is 8.23. The monoisotopic (exact) mass is 530 g/mol. The van der Waals surface area contributed by atoms with Crippen molar-refractivity contribution in [1.29, 1.82) is 0 Å². The number of hydrogen-bond donors (Lipinski definition) is 6. The third-order valence-corrected chi connectivity index (χ3v) is 5.66. The van der Waals surface area contributed by atoms with Crippen molar-refractivity contribution in [3.63, 3.8) is 0 Å². The summed E-state index contributed by atoms with van der Waals surface area (Å²) in [4.78, 5) is 24.2. The van der Waals surface area contributed by atoms with Gasteiger partial charge in [-0.15, -0.1) is 0 Å². The van der Waals surface area contributed by atoms with E-state index in [9.17, 15) is 40.2 Å². The van der Waals surface area contributed by atoms with Crippen LogP contribution in [0.2, 0.25) is 0 Å². The fourth-order valence-electron chi connectivity index (χ4n) is 3.71. The molecule has 0 atom stereocenters. The van der Waals surface area contributed by atoms with Crippen molar-refractivity contribution in [2.24, 2.45) is 0 Å². The molecule has 0 spiro atoms. The Kier molecular flexibility index (Phi) is 7.30. The van der Waals surface area contributed by atoms with E-state index in [2.05, 4.69) is 0 Å². The molecule has 5 rings (SSSR count). The van der Waals surface area contributed by atoms with Gasteiger partial charge in [-0.3, -0.25) is 9.59 Å². The third kappa shape index (κ3) is 5.39. The molecule has 10 nitrogen and oxygen atoms in total. The van der Waals surface area contributed by atoms with E-state index in [4.69, 9.17) is 9.15 Å². The first-order valence-corrected chi connectivity index (χ1v) is 11.3. The van der Waals surface area contributed by atoms with Crippen LogP contribution in [0.15, 0.2) is 88.1 Å². The van der Waals surface area contributed by atoms with E-state index < -0.39 is 22.7 Å². The average Bonchev–Trinajstić information content (AvgIpc) is 2.92. The van der Waals surface area contributed by atoms with Crippen LogP contribution in [-0.4, -0.2) is 43.5 Å². The van der Waals surface area contributed by atoms with Gasteiger partial charge >= 0.3 is 0 Å². The van der Waals surface area contributed by atoms with Crippen LogP contribution in [0, 0.1) is 0 Å². The SMILES string of the molecule is COc1ccc(C(=O)c2ccccc2)c(O)c1.O=c1c(O)c(-c2ccc(O)c(O)c2)oc2cc(O)cc(O)c12. The molecule has 0 saturated carbocycles. The second-order valence-corrected chi connectivity index (χ2v) is 8.23. The molecule has 0 unspecified atom stereocenters. The molecule has 0 saturated heterocycles. The van der Waals surface area contributed by atoms with Crippen LogP contribution in [0.5, 0.6) is 40.2 Å². The molecule has 5 aromatic rings. The molecule has 39 heavy (non-hydrogen) atoms. The molecule has 6 N–H and O–H groups in total. The topological polar surface area (TPSA) is 178 Å². The van der Waals surface area contributed by atoms with Crippen molar-refractivity contribution in [3.8, 4) is 51.6 Å². The minimum Gasteiger partial charge on any atom is -0.508 e. The zero-order valence-corrected chi connectivity index (χ0v) is 20.3. The second kappa shape index (κ2) is 10.8. The standard InChI is InChI=1S/C15H10O7.C14H12O3/c16-7-4-10(19)12-11(5-7)22-15(14(21)13(12)20)6-1-2-8(17)9(18)3-6;1-17-11-7-8-12(13(15)9-11)14(16)10-5-3-2-4-6-10/h1-5,16-19,21H;2-9,15H,1H3. The van der Waals surface area contributed by atoms with Gasteiger partial charge in [0.1, 0.15) is 34.0 Å². The predicted molar refractivity (Wildman–Crippen MR) is 141 cm³/mol. The normalized spacial score (nSPS) is 10.5. The number of ether oxygens (including phenoxy) is 1. The lowest BCUT2D eigenvalue weighted by atomic mass is 10.0. The Labute approximate surface area is 220 Å². The molecule has 10 heteroatoms. The first-order valence-electron chi connectivity index (χ1n) is 11.3. The van der Waals surface area contributed by atoms with Gasteiger partial charge < -0.3 is 39.8 Å². The van der Waals surface area contributed by atoms with Crippen LogP contribution in [0.25, 0.3) is 22.3 Å². The van der Waals surface area contributed by atoms with Gasteiger partial charge in [0.15, 0.2) is 23.0 Å². The first kappa shape index (κ1) is 26.4. The summed E-state index contributed by atoms with van der Waals surface area (Å²) in [7, 11) is 1.51. The summed E-state index contributed by atoms with van der Waals surface area (Å²) in [5, 5.41) is 57.4. The molecule has 0 radical (unpaired) electrons. The number of benzene rings is 4. The molecule has 0 aliphatic carbocycles. The van der Waals surface area contributed by atoms with Crippen molar-refractivity contribution in [3.05, 3.63) is 100 Å². The Morgan fingerprint density at radius 1 is 0.744 bits per heavy atom. The van der Waals surface area contributed by atoms with Crippen LogP contribution in [0.1, 0.15) is 15.9 Å². The largest absolute Gasteiger partial charge is 0.508 e. The summed E-state index contributed by atoms with van der Waals surface area (Å²) in [6, 6.07) is 19.1. The predicted octanol–water partition coefficient (Wildman–Crippen LogP) is 4.62. The summed E-state index contributed by atoms with van der Waals surface area (Å²) in [6.45, 7) is 0. The average molecular weight is 530 g/mol. The van der Waals surface area contributed by atoms with Crippen LogP contribution in [0.3, 0.4) is 0 Å². The van der Waals surface area contributed by atoms with Crippen molar-refractivity contribution >= 4 is 16.8 Å². The van der Waals surface area contributed by atoms with E-state index >= 15 is 0 Å². The Morgan fingerprint density at radius 2 is 1.46 bits per heavy atom. The van der Waals surface area contributed by atoms with E-state index in [1.807, 2.05) is 6.07 Å². The quantitative estimate of drug-likeness (QED) is 0.142. The summed E-state index contributed by atoms with van der Waals surface area (Å²) >= 11 is 0. The van der Waals surface area contributed by atoms with Gasteiger partial charge in [0.2, 0.25) is 11.2 Å². The number of carbonyl (C=O) groups is 1. The zero-order chi connectivity index (χ0) is 28.3. The number of phenols is 5. The molecule has 0 amide bonds. The summed E-state index contributed by atoms with van der Waals surface area (Å²) < 4.78 is 10.3. The molecule has 1 heterocycles. The number of aromatic hydroxyl groups is 6. The van der Waals surface area contributed by atoms with E-state index in [0.29, 0.717) is 11.3 Å². The molecule has 0 aliphatic heterocycles. The van der Waals surface area contributed by atoms with E-state index in [1.54, 1.807) is 36.4 Å². The van der Waals surface area contributed by atoms with Gasteiger partial charge in [0.25, 0.3) is 0 Å². The summed E-state index contributed by atoms with van der Waals surface area (Å²) in [5.41, 5.74) is -0.0659. The zero-order valence-electron chi connectivity index (χ0n) is 20.3. The molecular formula is C29H22O10. The van der Waals surface area contributed by atoms with Gasteiger partial charge in [-0.2, -0.15) is 0 Å². The maximum absolute atomic E-state index is 12.1. The van der Waals surface area contributed by atoms with Gasteiger partial charge in [-0.1, -0.05) is 30.3 Å². The maximum atomic E-state index is 12.1. The van der Waals surface area contributed by atoms with E-state index in [-0.39, 0.29) is 50.9 Å². The van der Waals surface area contributed by atoms with E-state index in [1.165, 1.54) is 19.2 Å². The minimum atomic E-state index is -0.888. The Balaban J connectivity index is 0.000000187. The van der Waals surface area contributed by atoms with Crippen LogP contribution >= 0.6 is 0 Å². The van der Waals surface area contributed by atoms with Crippen LogP contribution < -0.4 is 10.2 Å². The van der Waals surface area contributed by atoms with Crippen molar-refractivity contribution in [1.82, 2.24) is 0 Å². The number of methoxy groups -OCH3 is 1. The highest BCUT2D eigenvalue weighted by molar-refractivity contribution is 6.10. The van der Waals surface area contributed by atoms with Gasteiger partial charge in [0.05, 0.1) is 12.7 Å². The Bertz CT molecular complexity index is 1740. The van der Waals surface area contributed by atoms with Crippen molar-refractivity contribution < 1.29 is 44.6 Å². The molecule has 0 fully saturated rings. The molecule has 1 aromatic heterocycles. The molecule has 0 bridgehead atoms. The lowest BCUT2D eigenvalue weighted by molar-refractivity contribution is 0.103. The van der Waals surface area contributed by atoms with Gasteiger partial charge in [-0.25, -0.2) is 0 Å². The van der Waals surface area contributed by atoms with Crippen LogP contribution in [-0.2, 0) is 0 Å². The fourth-order valence-corrected chi connectivity index (χ4v) is 3.71. The number of ketones is 1. The summed E-state index contributed by atoms with van der Waals surface area (Å²) in [6.07, 6.45) is 0. The Hall–Kier alpha value is -5.64. The lowest BCUT2D eigenvalue weighted by Gasteiger charge is -2.08. The molecule has 198 valence electrons. The van der Waals surface area contributed by atoms with Crippen molar-refractivity contribution in [2.45, 2.75) is 0 Å². The number of hydrogen-bond acceptors (Lipinski definition) is 10. The number of rotatable bonds is 4. The van der Waals surface area contributed by atoms with Crippen molar-refractivity contribution in [2.75, 3.05) is 7.11 Å². The molecule has 4 aromatic carbocycles. The highest BCUT2D eigenvalue weighted by Crippen LogP contribution is 2.37. The smallest absolute Gasteiger partial charge is 0.238 e. The third-order valence-electron chi connectivity index (χ3n) is 5.66. The van der Waals surface area contributed by atoms with Gasteiger partial charge in [-0.05, 0) is 30.3 Å². The number of phenolic OH excluding ortho intramolecular Hbond substituents is 5. The van der Waals surface area contributed by atoms with Gasteiger partial charge in [0, 0.05) is 29.3 Å². The maximum Gasteiger partial charge on any atom is 0.238 e.